The highest BCUT2D eigenvalue weighted by Crippen LogP contribution is 2.16. The predicted octanol–water partition coefficient (Wildman–Crippen LogP) is 18.8. The first-order valence-electron chi connectivity index (χ1n) is 28.1. The molecule has 0 amide bonds. The van der Waals surface area contributed by atoms with Crippen molar-refractivity contribution in [3.63, 3.8) is 0 Å². The van der Waals surface area contributed by atoms with Crippen LogP contribution >= 0.6 is 0 Å². The molecule has 0 spiro atoms. The minimum Gasteiger partial charge on any atom is -0.462 e. The summed E-state index contributed by atoms with van der Waals surface area (Å²) in [5.74, 6) is -0.976. The maximum absolute atomic E-state index is 12.8. The van der Waals surface area contributed by atoms with Gasteiger partial charge >= 0.3 is 17.9 Å². The van der Waals surface area contributed by atoms with Crippen molar-refractivity contribution in [2.45, 2.75) is 271 Å². The molecule has 0 heterocycles. The number of ether oxygens (including phenoxy) is 3. The third-order valence-corrected chi connectivity index (χ3v) is 11.9. The van der Waals surface area contributed by atoms with Crippen molar-refractivity contribution in [3.8, 4) is 0 Å². The first-order chi connectivity index (χ1) is 33.0. The number of unbranched alkanes of at least 4 members (excludes halogenated alkanes) is 27. The van der Waals surface area contributed by atoms with E-state index < -0.39 is 6.10 Å². The van der Waals surface area contributed by atoms with E-state index >= 15 is 0 Å². The molecule has 0 aliphatic heterocycles. The second-order valence-electron chi connectivity index (χ2n) is 18.5. The van der Waals surface area contributed by atoms with E-state index in [1.54, 1.807) is 0 Å². The van der Waals surface area contributed by atoms with E-state index in [1.165, 1.54) is 128 Å². The van der Waals surface area contributed by atoms with Gasteiger partial charge in [-0.05, 0) is 77.0 Å². The van der Waals surface area contributed by atoms with E-state index in [9.17, 15) is 14.4 Å². The van der Waals surface area contributed by atoms with Crippen LogP contribution in [0, 0.1) is 0 Å². The predicted molar refractivity (Wildman–Crippen MR) is 288 cm³/mol. The molecule has 0 rings (SSSR count). The standard InChI is InChI=1S/C61H104O6/c1-4-7-10-13-16-19-22-25-27-29-30-32-33-36-39-42-45-48-51-54-60(63)66-57-58(56-65-59(62)53-50-47-44-41-38-35-24-21-18-15-12-9-6-3)67-61(64)55-52-49-46-43-40-37-34-31-28-26-23-20-17-14-11-8-5-2/h9,12,15,17-18,20-21,24,26,28,34,37,43,46,58H,4-8,10-11,13-14,16,19,22-23,25,27,29-33,35-36,38-42,44-45,47-57H2,1-3H3/b12-9+,18-15+,20-17+,24-21+,28-26+,37-34+,46-43+. The van der Waals surface area contributed by atoms with Gasteiger partial charge in [-0.2, -0.15) is 0 Å². The van der Waals surface area contributed by atoms with Gasteiger partial charge in [0.15, 0.2) is 6.10 Å². The Bertz CT molecular complexity index is 1300. The van der Waals surface area contributed by atoms with Crippen LogP contribution in [0.3, 0.4) is 0 Å². The third kappa shape index (κ3) is 53.4. The third-order valence-electron chi connectivity index (χ3n) is 11.9. The van der Waals surface area contributed by atoms with E-state index in [-0.39, 0.29) is 37.5 Å². The molecule has 6 heteroatoms. The Kier molecular flexibility index (Phi) is 52.4. The van der Waals surface area contributed by atoms with Crippen LogP contribution in [-0.2, 0) is 28.6 Å². The fourth-order valence-corrected chi connectivity index (χ4v) is 7.73. The average Bonchev–Trinajstić information content (AvgIpc) is 3.33. The van der Waals surface area contributed by atoms with Crippen molar-refractivity contribution < 1.29 is 28.6 Å². The number of allylic oxidation sites excluding steroid dienone is 14. The molecule has 0 aromatic heterocycles. The highest BCUT2D eigenvalue weighted by molar-refractivity contribution is 5.71. The van der Waals surface area contributed by atoms with Crippen LogP contribution in [0.25, 0.3) is 0 Å². The summed E-state index contributed by atoms with van der Waals surface area (Å²) in [6.45, 7) is 6.43. The lowest BCUT2D eigenvalue weighted by atomic mass is 10.0. The van der Waals surface area contributed by atoms with E-state index in [0.29, 0.717) is 19.3 Å². The van der Waals surface area contributed by atoms with Crippen molar-refractivity contribution in [1.29, 1.82) is 0 Å². The molecule has 67 heavy (non-hydrogen) atoms. The molecular formula is C61H104O6. The second kappa shape index (κ2) is 55.2. The normalized spacial score (nSPS) is 12.7. The van der Waals surface area contributed by atoms with Crippen LogP contribution in [0.2, 0.25) is 0 Å². The molecule has 0 fully saturated rings. The van der Waals surface area contributed by atoms with Gasteiger partial charge < -0.3 is 14.2 Å². The molecule has 0 aliphatic rings. The maximum atomic E-state index is 12.8. The molecule has 0 saturated carbocycles. The number of hydrogen-bond acceptors (Lipinski definition) is 6. The van der Waals surface area contributed by atoms with Crippen LogP contribution in [0.4, 0.5) is 0 Å². The summed E-state index contributed by atoms with van der Waals surface area (Å²) in [5, 5.41) is 0. The molecule has 0 saturated heterocycles. The Morgan fingerprint density at radius 2 is 0.657 bits per heavy atom. The van der Waals surface area contributed by atoms with E-state index in [1.807, 2.05) is 0 Å². The van der Waals surface area contributed by atoms with Crippen LogP contribution in [0.5, 0.6) is 0 Å². The van der Waals surface area contributed by atoms with Crippen molar-refractivity contribution >= 4 is 17.9 Å². The Labute approximate surface area is 414 Å². The van der Waals surface area contributed by atoms with E-state index in [2.05, 4.69) is 106 Å². The van der Waals surface area contributed by atoms with Gasteiger partial charge in [0.05, 0.1) is 0 Å². The minimum absolute atomic E-state index is 0.103. The molecular weight excluding hydrogens is 829 g/mol. The number of carbonyl (C=O) groups is 3. The average molecular weight is 933 g/mol. The fourth-order valence-electron chi connectivity index (χ4n) is 7.73. The van der Waals surface area contributed by atoms with Gasteiger partial charge in [0.2, 0.25) is 0 Å². The summed E-state index contributed by atoms with van der Waals surface area (Å²) in [6, 6.07) is 0. The van der Waals surface area contributed by atoms with Gasteiger partial charge in [-0.15, -0.1) is 0 Å². The van der Waals surface area contributed by atoms with Gasteiger partial charge in [-0.1, -0.05) is 254 Å². The van der Waals surface area contributed by atoms with Gasteiger partial charge in [-0.25, -0.2) is 0 Å². The Morgan fingerprint density at radius 3 is 1.10 bits per heavy atom. The largest absolute Gasteiger partial charge is 0.462 e. The molecule has 0 N–H and O–H groups in total. The van der Waals surface area contributed by atoms with Crippen LogP contribution in [-0.4, -0.2) is 37.2 Å². The van der Waals surface area contributed by atoms with Crippen LogP contribution in [0.15, 0.2) is 85.1 Å². The summed E-state index contributed by atoms with van der Waals surface area (Å²) in [4.78, 5) is 38.1. The summed E-state index contributed by atoms with van der Waals surface area (Å²) < 4.78 is 16.8. The number of esters is 3. The fraction of sp³-hybridized carbons (Fsp3) is 0.721. The SMILES string of the molecule is CC/C=C/C=C/C=C/CCCCCCCC(=O)OCC(COC(=O)CCCCCCCCCCCCCCCCCCCCC)OC(=O)CCC/C=C/C/C=C/C/C=C/C/C=C/CCCCC. The van der Waals surface area contributed by atoms with Crippen molar-refractivity contribution in [1.82, 2.24) is 0 Å². The van der Waals surface area contributed by atoms with Crippen molar-refractivity contribution in [2.24, 2.45) is 0 Å². The monoisotopic (exact) mass is 933 g/mol. The van der Waals surface area contributed by atoms with Gasteiger partial charge in [0.1, 0.15) is 13.2 Å². The van der Waals surface area contributed by atoms with Crippen LogP contribution in [0.1, 0.15) is 265 Å². The maximum Gasteiger partial charge on any atom is 0.306 e. The molecule has 0 aromatic carbocycles. The lowest BCUT2D eigenvalue weighted by molar-refractivity contribution is -0.167. The summed E-state index contributed by atoms with van der Waals surface area (Å²) in [6.07, 6.45) is 71.5. The lowest BCUT2D eigenvalue weighted by Gasteiger charge is -2.18. The second-order valence-corrected chi connectivity index (χ2v) is 18.5. The van der Waals surface area contributed by atoms with E-state index in [0.717, 1.165) is 89.9 Å². The highest BCUT2D eigenvalue weighted by atomic mass is 16.6. The first kappa shape index (κ1) is 63.6. The van der Waals surface area contributed by atoms with Crippen LogP contribution < -0.4 is 0 Å². The molecule has 1 unspecified atom stereocenters. The van der Waals surface area contributed by atoms with Gasteiger partial charge in [0.25, 0.3) is 0 Å². The number of rotatable bonds is 50. The first-order valence-corrected chi connectivity index (χ1v) is 28.1. The topological polar surface area (TPSA) is 78.9 Å². The molecule has 0 bridgehead atoms. The summed E-state index contributed by atoms with van der Waals surface area (Å²) >= 11 is 0. The Hall–Kier alpha value is -3.41. The molecule has 1 atom stereocenters. The van der Waals surface area contributed by atoms with Gasteiger partial charge in [-0.3, -0.25) is 14.4 Å². The lowest BCUT2D eigenvalue weighted by Crippen LogP contribution is -2.30. The van der Waals surface area contributed by atoms with Crippen molar-refractivity contribution in [3.05, 3.63) is 85.1 Å². The van der Waals surface area contributed by atoms with Crippen molar-refractivity contribution in [2.75, 3.05) is 13.2 Å². The zero-order valence-corrected chi connectivity index (χ0v) is 43.9. The summed E-state index contributed by atoms with van der Waals surface area (Å²) in [5.41, 5.74) is 0. The summed E-state index contributed by atoms with van der Waals surface area (Å²) in [7, 11) is 0. The minimum atomic E-state index is -0.812. The zero-order chi connectivity index (χ0) is 48.6. The smallest absolute Gasteiger partial charge is 0.306 e. The molecule has 384 valence electrons. The quantitative estimate of drug-likeness (QED) is 0.0199. The number of carbonyl (C=O) groups excluding carboxylic acids is 3. The molecule has 0 aliphatic carbocycles. The Morgan fingerprint density at radius 1 is 0.328 bits per heavy atom. The zero-order valence-electron chi connectivity index (χ0n) is 43.9. The number of hydrogen-bond donors (Lipinski definition) is 0. The van der Waals surface area contributed by atoms with E-state index in [4.69, 9.17) is 14.2 Å². The Balaban J connectivity index is 4.44. The molecule has 0 radical (unpaired) electrons. The molecule has 6 nitrogen and oxygen atoms in total. The van der Waals surface area contributed by atoms with Gasteiger partial charge in [0, 0.05) is 19.3 Å². The molecule has 0 aromatic rings. The highest BCUT2D eigenvalue weighted by Gasteiger charge is 2.19.